The summed E-state index contributed by atoms with van der Waals surface area (Å²) in [6, 6.07) is 6.06. The van der Waals surface area contributed by atoms with E-state index < -0.39 is 0 Å². The first-order valence-electron chi connectivity index (χ1n) is 8.20. The molecule has 2 heterocycles. The summed E-state index contributed by atoms with van der Waals surface area (Å²) in [5.41, 5.74) is 2.01. The monoisotopic (exact) mass is 364 g/mol. The average molecular weight is 365 g/mol. The molecule has 1 amide bonds. The summed E-state index contributed by atoms with van der Waals surface area (Å²) in [6.45, 7) is 4.13. The molecule has 0 aliphatic carbocycles. The molecule has 3 rings (SSSR count). The Bertz CT molecular complexity index is 718. The summed E-state index contributed by atoms with van der Waals surface area (Å²) >= 11 is 0. The van der Waals surface area contributed by atoms with Crippen LogP contribution in [-0.4, -0.2) is 29.0 Å². The lowest BCUT2D eigenvalue weighted by Crippen LogP contribution is -2.28. The predicted molar refractivity (Wildman–Crippen MR) is 96.4 cm³/mol. The van der Waals surface area contributed by atoms with Crippen molar-refractivity contribution in [3.8, 4) is 0 Å². The van der Waals surface area contributed by atoms with Gasteiger partial charge in [-0.2, -0.15) is 0 Å². The number of piperidine rings is 1. The minimum Gasteiger partial charge on any atom is -0.348 e. The highest BCUT2D eigenvalue weighted by atomic mass is 35.5. The second kappa shape index (κ2) is 8.87. The molecule has 7 heteroatoms. The summed E-state index contributed by atoms with van der Waals surface area (Å²) < 4.78 is 12.9. The zero-order valence-electron chi connectivity index (χ0n) is 14.1. The first-order chi connectivity index (χ1) is 11.6. The maximum atomic E-state index is 12.9. The van der Waals surface area contributed by atoms with Gasteiger partial charge in [-0.05, 0) is 50.6 Å². The first-order valence-corrected chi connectivity index (χ1v) is 8.20. The largest absolute Gasteiger partial charge is 0.348 e. The molecule has 1 aromatic heterocycles. The van der Waals surface area contributed by atoms with Crippen molar-refractivity contribution in [3.05, 3.63) is 58.9 Å². The van der Waals surface area contributed by atoms with Gasteiger partial charge in [0, 0.05) is 18.7 Å². The number of hydrogen-bond donors (Lipinski definition) is 2. The summed E-state index contributed by atoms with van der Waals surface area (Å²) in [6.07, 6.45) is 3.66. The van der Waals surface area contributed by atoms with Gasteiger partial charge in [0.05, 0.1) is 11.3 Å². The van der Waals surface area contributed by atoms with Gasteiger partial charge in [-0.15, -0.1) is 12.4 Å². The molecule has 0 bridgehead atoms. The number of hydrogen-bond acceptors (Lipinski definition) is 4. The molecule has 2 aromatic rings. The molecular weight excluding hydrogens is 343 g/mol. The Hall–Kier alpha value is -2.05. The molecule has 1 aromatic carbocycles. The fraction of sp³-hybridized carbons (Fsp3) is 0.389. The second-order valence-corrected chi connectivity index (χ2v) is 6.06. The third kappa shape index (κ3) is 4.96. The topological polar surface area (TPSA) is 66.9 Å². The van der Waals surface area contributed by atoms with Crippen LogP contribution < -0.4 is 10.6 Å². The molecule has 1 saturated heterocycles. The zero-order valence-corrected chi connectivity index (χ0v) is 14.9. The minimum absolute atomic E-state index is 0. The Morgan fingerprint density at radius 2 is 1.96 bits per heavy atom. The maximum absolute atomic E-state index is 12.9. The third-order valence-corrected chi connectivity index (χ3v) is 4.31. The van der Waals surface area contributed by atoms with E-state index in [1.54, 1.807) is 18.3 Å². The van der Waals surface area contributed by atoms with Gasteiger partial charge in [0.25, 0.3) is 5.91 Å². The Labute approximate surface area is 152 Å². The summed E-state index contributed by atoms with van der Waals surface area (Å²) in [7, 11) is 0. The highest BCUT2D eigenvalue weighted by Crippen LogP contribution is 2.22. The van der Waals surface area contributed by atoms with Crippen LogP contribution in [0.3, 0.4) is 0 Å². The van der Waals surface area contributed by atoms with Crippen molar-refractivity contribution in [1.29, 1.82) is 0 Å². The molecule has 2 N–H and O–H groups in total. The van der Waals surface area contributed by atoms with Crippen LogP contribution in [0.5, 0.6) is 0 Å². The van der Waals surface area contributed by atoms with Crippen molar-refractivity contribution in [3.63, 3.8) is 0 Å². The van der Waals surface area contributed by atoms with Gasteiger partial charge < -0.3 is 10.6 Å². The highest BCUT2D eigenvalue weighted by Gasteiger charge is 2.19. The Kier molecular flexibility index (Phi) is 6.84. The van der Waals surface area contributed by atoms with Gasteiger partial charge in [0.15, 0.2) is 0 Å². The number of amides is 1. The van der Waals surface area contributed by atoms with E-state index in [9.17, 15) is 9.18 Å². The van der Waals surface area contributed by atoms with Crippen LogP contribution in [0.15, 0.2) is 30.5 Å². The third-order valence-electron chi connectivity index (χ3n) is 4.31. The molecule has 0 radical (unpaired) electrons. The van der Waals surface area contributed by atoms with Gasteiger partial charge in [0.1, 0.15) is 11.6 Å². The fourth-order valence-corrected chi connectivity index (χ4v) is 2.86. The Morgan fingerprint density at radius 1 is 1.28 bits per heavy atom. The molecule has 0 spiro atoms. The number of nitrogens with zero attached hydrogens (tertiary/aromatic N) is 2. The number of halogens is 2. The predicted octanol–water partition coefficient (Wildman–Crippen LogP) is 2.74. The normalized spacial score (nSPS) is 14.6. The highest BCUT2D eigenvalue weighted by molar-refractivity contribution is 5.94. The smallest absolute Gasteiger partial charge is 0.254 e. The van der Waals surface area contributed by atoms with Crippen LogP contribution in [0.4, 0.5) is 4.39 Å². The SMILES string of the molecule is Cc1nc(C2CCNCC2)ncc1C(=O)NCc1ccc(F)cc1.Cl. The molecule has 0 saturated carbocycles. The fourth-order valence-electron chi connectivity index (χ4n) is 2.86. The maximum Gasteiger partial charge on any atom is 0.254 e. The van der Waals surface area contributed by atoms with E-state index in [4.69, 9.17) is 0 Å². The van der Waals surface area contributed by atoms with Gasteiger partial charge in [-0.1, -0.05) is 12.1 Å². The van der Waals surface area contributed by atoms with Crippen molar-refractivity contribution in [2.45, 2.75) is 32.2 Å². The standard InChI is InChI=1S/C18H21FN4O.ClH/c1-12-16(11-21-17(23-12)14-6-8-20-9-7-14)18(24)22-10-13-2-4-15(19)5-3-13;/h2-5,11,14,20H,6-10H2,1H3,(H,22,24);1H. The van der Waals surface area contributed by atoms with Crippen LogP contribution in [0.25, 0.3) is 0 Å². The van der Waals surface area contributed by atoms with Gasteiger partial charge in [0.2, 0.25) is 0 Å². The Balaban J connectivity index is 0.00000225. The number of nitrogens with one attached hydrogen (secondary N) is 2. The van der Waals surface area contributed by atoms with Crippen LogP contribution in [0, 0.1) is 12.7 Å². The molecule has 1 aliphatic rings. The lowest BCUT2D eigenvalue weighted by Gasteiger charge is -2.21. The number of carbonyl (C=O) groups is 1. The van der Waals surface area contributed by atoms with Crippen molar-refractivity contribution in [2.75, 3.05) is 13.1 Å². The molecule has 5 nitrogen and oxygen atoms in total. The molecular formula is C18H22ClFN4O. The molecule has 1 fully saturated rings. The molecule has 134 valence electrons. The van der Waals surface area contributed by atoms with Gasteiger partial charge in [-0.3, -0.25) is 4.79 Å². The van der Waals surface area contributed by atoms with Crippen molar-refractivity contribution in [2.24, 2.45) is 0 Å². The van der Waals surface area contributed by atoms with Crippen molar-refractivity contribution >= 4 is 18.3 Å². The number of aromatic nitrogens is 2. The van der Waals surface area contributed by atoms with Crippen LogP contribution >= 0.6 is 12.4 Å². The summed E-state index contributed by atoms with van der Waals surface area (Å²) in [5.74, 6) is 0.682. The summed E-state index contributed by atoms with van der Waals surface area (Å²) in [4.78, 5) is 21.3. The number of carbonyl (C=O) groups excluding carboxylic acids is 1. The molecule has 25 heavy (non-hydrogen) atoms. The number of aryl methyl sites for hydroxylation is 1. The second-order valence-electron chi connectivity index (χ2n) is 6.06. The van der Waals surface area contributed by atoms with E-state index in [1.165, 1.54) is 12.1 Å². The molecule has 0 unspecified atom stereocenters. The van der Waals surface area contributed by atoms with Gasteiger partial charge in [-0.25, -0.2) is 14.4 Å². The van der Waals surface area contributed by atoms with Gasteiger partial charge >= 0.3 is 0 Å². The zero-order chi connectivity index (χ0) is 16.9. The van der Waals surface area contributed by atoms with E-state index in [0.29, 0.717) is 23.7 Å². The lowest BCUT2D eigenvalue weighted by atomic mass is 9.97. The van der Waals surface area contributed by atoms with Crippen LogP contribution in [0.2, 0.25) is 0 Å². The Morgan fingerprint density at radius 3 is 2.60 bits per heavy atom. The average Bonchev–Trinajstić information content (AvgIpc) is 2.61. The lowest BCUT2D eigenvalue weighted by molar-refractivity contribution is 0.0949. The number of benzene rings is 1. The summed E-state index contributed by atoms with van der Waals surface area (Å²) in [5, 5.41) is 6.14. The van der Waals surface area contributed by atoms with Crippen molar-refractivity contribution in [1.82, 2.24) is 20.6 Å². The van der Waals surface area contributed by atoms with Crippen molar-refractivity contribution < 1.29 is 9.18 Å². The van der Waals surface area contributed by atoms with Crippen LogP contribution in [0.1, 0.15) is 46.2 Å². The first kappa shape index (κ1) is 19.3. The quantitative estimate of drug-likeness (QED) is 0.875. The minimum atomic E-state index is -0.289. The van der Waals surface area contributed by atoms with E-state index in [2.05, 4.69) is 20.6 Å². The number of rotatable bonds is 4. The molecule has 0 atom stereocenters. The van der Waals surface area contributed by atoms with E-state index in [-0.39, 0.29) is 24.1 Å². The van der Waals surface area contributed by atoms with Crippen LogP contribution in [-0.2, 0) is 6.54 Å². The van der Waals surface area contributed by atoms with E-state index in [0.717, 1.165) is 37.3 Å². The van der Waals surface area contributed by atoms with E-state index in [1.807, 2.05) is 6.92 Å². The molecule has 1 aliphatic heterocycles. The van der Waals surface area contributed by atoms with E-state index >= 15 is 0 Å².